The molecule has 0 bridgehead atoms. The number of amides is 1. The number of rotatable bonds is 8. The first-order valence-corrected chi connectivity index (χ1v) is 10.3. The predicted molar refractivity (Wildman–Crippen MR) is 116 cm³/mol. The predicted octanol–water partition coefficient (Wildman–Crippen LogP) is 2.83. The number of halogens is 1. The summed E-state index contributed by atoms with van der Waals surface area (Å²) in [5.41, 5.74) is 1.47. The van der Waals surface area contributed by atoms with E-state index in [-0.39, 0.29) is 18.2 Å². The monoisotopic (exact) mass is 492 g/mol. The number of benzene rings is 1. The number of nitrogens with zero attached hydrogens (tertiary/aromatic N) is 3. The van der Waals surface area contributed by atoms with Crippen molar-refractivity contribution in [1.29, 1.82) is 0 Å². The molecule has 1 aliphatic heterocycles. The highest BCUT2D eigenvalue weighted by Crippen LogP contribution is 2.36. The Kier molecular flexibility index (Phi) is 7.41. The summed E-state index contributed by atoms with van der Waals surface area (Å²) in [6.07, 6.45) is 2.91. The number of carboxylic acid groups (broad SMARTS) is 1. The zero-order valence-corrected chi connectivity index (χ0v) is 18.1. The molecule has 1 fully saturated rings. The smallest absolute Gasteiger partial charge is 0.305 e. The number of nitrogens with one attached hydrogen (secondary N) is 1. The van der Waals surface area contributed by atoms with Crippen molar-refractivity contribution in [3.8, 4) is 11.5 Å². The topological polar surface area (TPSA) is 122 Å². The molecule has 2 N–H and O–H groups in total. The van der Waals surface area contributed by atoms with Crippen molar-refractivity contribution >= 4 is 51.0 Å². The Morgan fingerprint density at radius 3 is 2.97 bits per heavy atom. The fourth-order valence-corrected chi connectivity index (χ4v) is 3.97. The van der Waals surface area contributed by atoms with Crippen molar-refractivity contribution in [3.63, 3.8) is 0 Å². The lowest BCUT2D eigenvalue weighted by atomic mass is 10.2. The second-order valence-electron chi connectivity index (χ2n) is 5.99. The molecule has 11 heteroatoms. The van der Waals surface area contributed by atoms with Crippen LogP contribution in [0.5, 0.6) is 11.5 Å². The van der Waals surface area contributed by atoms with Crippen molar-refractivity contribution in [2.24, 2.45) is 10.2 Å². The molecule has 1 aromatic carbocycles. The van der Waals surface area contributed by atoms with Gasteiger partial charge in [-0.15, -0.1) is 5.10 Å². The Morgan fingerprint density at radius 2 is 2.27 bits per heavy atom. The minimum Gasteiger partial charge on any atom is -0.493 e. The first kappa shape index (κ1) is 21.8. The minimum atomic E-state index is -1.05. The third-order valence-corrected chi connectivity index (χ3v) is 5.50. The van der Waals surface area contributed by atoms with Gasteiger partial charge in [-0.3, -0.25) is 14.6 Å². The number of carbonyl (C=O) groups is 2. The molecule has 3 rings (SSSR count). The summed E-state index contributed by atoms with van der Waals surface area (Å²) >= 11 is 4.50. The molecule has 30 heavy (non-hydrogen) atoms. The highest BCUT2D eigenvalue weighted by molar-refractivity contribution is 9.10. The number of thioether (sulfide) groups is 1. The molecule has 2 heterocycles. The van der Waals surface area contributed by atoms with Gasteiger partial charge in [0.1, 0.15) is 11.9 Å². The summed E-state index contributed by atoms with van der Waals surface area (Å²) in [6.45, 7) is 0.283. The molecular formula is C19H17BrN4O5S. The fourth-order valence-electron chi connectivity index (χ4n) is 2.48. The van der Waals surface area contributed by atoms with E-state index in [2.05, 4.69) is 36.4 Å². The maximum atomic E-state index is 11.7. The van der Waals surface area contributed by atoms with Crippen molar-refractivity contribution in [2.75, 3.05) is 7.11 Å². The van der Waals surface area contributed by atoms with Crippen LogP contribution >= 0.6 is 27.7 Å². The number of aromatic nitrogens is 1. The summed E-state index contributed by atoms with van der Waals surface area (Å²) in [5, 5.41) is 18.8. The lowest BCUT2D eigenvalue weighted by Crippen LogP contribution is -2.26. The van der Waals surface area contributed by atoms with E-state index in [0.717, 1.165) is 17.5 Å². The first-order chi connectivity index (χ1) is 14.5. The van der Waals surface area contributed by atoms with Gasteiger partial charge >= 0.3 is 5.97 Å². The van der Waals surface area contributed by atoms with E-state index in [1.807, 2.05) is 18.2 Å². The highest BCUT2D eigenvalue weighted by Gasteiger charge is 2.32. The third-order valence-electron chi connectivity index (χ3n) is 3.83. The maximum Gasteiger partial charge on any atom is 0.305 e. The van der Waals surface area contributed by atoms with E-state index < -0.39 is 17.1 Å². The number of hydrogen-bond donors (Lipinski definition) is 2. The van der Waals surface area contributed by atoms with Crippen LogP contribution in [0, 0.1) is 0 Å². The molecule has 0 radical (unpaired) electrons. The number of pyridine rings is 1. The van der Waals surface area contributed by atoms with Crippen LogP contribution < -0.4 is 14.8 Å². The molecule has 9 nitrogen and oxygen atoms in total. The van der Waals surface area contributed by atoms with Crippen molar-refractivity contribution in [2.45, 2.75) is 18.3 Å². The lowest BCUT2D eigenvalue weighted by molar-refractivity contribution is -0.138. The van der Waals surface area contributed by atoms with E-state index in [4.69, 9.17) is 14.6 Å². The first-order valence-electron chi connectivity index (χ1n) is 8.67. The highest BCUT2D eigenvalue weighted by atomic mass is 79.9. The van der Waals surface area contributed by atoms with Gasteiger partial charge in [0.25, 0.3) is 0 Å². The normalized spacial score (nSPS) is 17.3. The number of hydrogen-bond acceptors (Lipinski definition) is 8. The molecule has 0 spiro atoms. The van der Waals surface area contributed by atoms with Gasteiger partial charge in [0.05, 0.1) is 29.9 Å². The number of ether oxygens (including phenoxy) is 2. The van der Waals surface area contributed by atoms with Crippen molar-refractivity contribution in [1.82, 2.24) is 10.3 Å². The standard InChI is InChI=1S/C19H17BrN4O5S/c1-28-14-7-11(6-13(20)17(14)29-10-12-4-2-3-5-21-12)9-22-24-19-23-18(27)15(30-19)8-16(25)26/h2-7,9,15H,8,10H2,1H3,(H,25,26)(H,23,24,27). The summed E-state index contributed by atoms with van der Waals surface area (Å²) in [6, 6.07) is 9.10. The Hall–Kier alpha value is -2.92. The zero-order chi connectivity index (χ0) is 21.5. The number of carboxylic acids is 1. The number of methoxy groups -OCH3 is 1. The van der Waals surface area contributed by atoms with E-state index in [1.54, 1.807) is 18.3 Å². The number of carbonyl (C=O) groups excluding carboxylic acids is 1. The van der Waals surface area contributed by atoms with Crippen LogP contribution in [0.25, 0.3) is 0 Å². The second-order valence-corrected chi connectivity index (χ2v) is 8.03. The van der Waals surface area contributed by atoms with Crippen LogP contribution in [-0.4, -0.2) is 45.7 Å². The van der Waals surface area contributed by atoms with Gasteiger partial charge in [0.2, 0.25) is 5.91 Å². The van der Waals surface area contributed by atoms with Crippen LogP contribution in [-0.2, 0) is 16.2 Å². The van der Waals surface area contributed by atoms with E-state index in [1.165, 1.54) is 13.3 Å². The van der Waals surface area contributed by atoms with Gasteiger partial charge in [-0.2, -0.15) is 5.10 Å². The number of amidine groups is 1. The Balaban J connectivity index is 1.69. The van der Waals surface area contributed by atoms with Crippen molar-refractivity contribution < 1.29 is 24.2 Å². The molecule has 1 unspecified atom stereocenters. The van der Waals surface area contributed by atoms with Gasteiger partial charge in [-0.25, -0.2) is 0 Å². The molecule has 2 aromatic rings. The van der Waals surface area contributed by atoms with Crippen LogP contribution in [0.4, 0.5) is 0 Å². The summed E-state index contributed by atoms with van der Waals surface area (Å²) in [7, 11) is 1.53. The van der Waals surface area contributed by atoms with Crippen LogP contribution in [0.1, 0.15) is 17.7 Å². The molecule has 1 atom stereocenters. The van der Waals surface area contributed by atoms with E-state index in [9.17, 15) is 9.59 Å². The summed E-state index contributed by atoms with van der Waals surface area (Å²) in [5.74, 6) is -0.411. The average molecular weight is 493 g/mol. The molecule has 1 aliphatic rings. The van der Waals surface area contributed by atoms with Gasteiger partial charge in [0.15, 0.2) is 16.7 Å². The van der Waals surface area contributed by atoms with Gasteiger partial charge < -0.3 is 19.9 Å². The van der Waals surface area contributed by atoms with Crippen LogP contribution in [0.15, 0.2) is 51.2 Å². The second kappa shape index (κ2) is 10.2. The fraction of sp³-hybridized carbons (Fsp3) is 0.211. The zero-order valence-electron chi connectivity index (χ0n) is 15.7. The Bertz CT molecular complexity index is 1000. The van der Waals surface area contributed by atoms with Gasteiger partial charge in [0, 0.05) is 6.20 Å². The molecular weight excluding hydrogens is 476 g/mol. The molecule has 1 amide bonds. The maximum absolute atomic E-state index is 11.7. The van der Waals surface area contributed by atoms with Crippen LogP contribution in [0.2, 0.25) is 0 Å². The molecule has 0 saturated carbocycles. The minimum absolute atomic E-state index is 0.254. The average Bonchev–Trinajstić information content (AvgIpc) is 3.06. The lowest BCUT2D eigenvalue weighted by Gasteiger charge is -2.13. The Labute approximate surface area is 184 Å². The van der Waals surface area contributed by atoms with Crippen LogP contribution in [0.3, 0.4) is 0 Å². The van der Waals surface area contributed by atoms with E-state index >= 15 is 0 Å². The van der Waals surface area contributed by atoms with E-state index in [0.29, 0.717) is 21.5 Å². The van der Waals surface area contributed by atoms with Crippen molar-refractivity contribution in [3.05, 3.63) is 52.3 Å². The quantitative estimate of drug-likeness (QED) is 0.428. The molecule has 1 aromatic heterocycles. The largest absolute Gasteiger partial charge is 0.493 e. The molecule has 0 aliphatic carbocycles. The molecule has 156 valence electrons. The number of aliphatic carboxylic acids is 1. The van der Waals surface area contributed by atoms with Gasteiger partial charge in [-0.1, -0.05) is 17.8 Å². The third kappa shape index (κ3) is 5.80. The van der Waals surface area contributed by atoms with Gasteiger partial charge in [-0.05, 0) is 45.8 Å². The molecule has 1 saturated heterocycles. The Morgan fingerprint density at radius 1 is 1.43 bits per heavy atom. The summed E-state index contributed by atoms with van der Waals surface area (Å²) in [4.78, 5) is 26.7. The summed E-state index contributed by atoms with van der Waals surface area (Å²) < 4.78 is 11.9. The SMILES string of the molecule is COc1cc(C=NN=C2NC(=O)C(CC(=O)O)S2)cc(Br)c1OCc1ccccn1.